The maximum atomic E-state index is 6.04. The highest BCUT2D eigenvalue weighted by Gasteiger charge is 2.43. The van der Waals surface area contributed by atoms with Crippen LogP contribution in [-0.4, -0.2) is 18.2 Å². The molecule has 2 heteroatoms. The van der Waals surface area contributed by atoms with Gasteiger partial charge in [-0.2, -0.15) is 0 Å². The first-order valence-corrected chi connectivity index (χ1v) is 3.72. The molecule has 0 spiro atoms. The van der Waals surface area contributed by atoms with Gasteiger partial charge in [0.25, 0.3) is 0 Å². The van der Waals surface area contributed by atoms with Crippen LogP contribution in [0.15, 0.2) is 0 Å². The van der Waals surface area contributed by atoms with Crippen LogP contribution in [0.4, 0.5) is 0 Å². The lowest BCUT2D eigenvalue weighted by Crippen LogP contribution is -2.42. The Kier molecular flexibility index (Phi) is 1.08. The minimum Gasteiger partial charge on any atom is -0.376 e. The zero-order valence-corrected chi connectivity index (χ0v) is 5.60. The number of hydrogen-bond donors (Lipinski definition) is 1. The third-order valence-corrected chi connectivity index (χ3v) is 2.64. The summed E-state index contributed by atoms with van der Waals surface area (Å²) in [5.41, 5.74) is 6.12. The molecule has 1 saturated heterocycles. The van der Waals surface area contributed by atoms with Crippen molar-refractivity contribution in [2.45, 2.75) is 37.3 Å². The lowest BCUT2D eigenvalue weighted by atomic mass is 9.96. The molecule has 9 heavy (non-hydrogen) atoms. The second-order valence-electron chi connectivity index (χ2n) is 3.23. The van der Waals surface area contributed by atoms with E-state index >= 15 is 0 Å². The quantitative estimate of drug-likeness (QED) is 0.518. The number of hydrogen-bond acceptors (Lipinski definition) is 2. The average molecular weight is 127 g/mol. The summed E-state index contributed by atoms with van der Waals surface area (Å²) in [6.07, 6.45) is 5.12. The predicted octanol–water partition coefficient (Wildman–Crippen LogP) is 0.657. The predicted molar refractivity (Wildman–Crippen MR) is 35.1 cm³/mol. The van der Waals surface area contributed by atoms with E-state index in [9.17, 15) is 0 Å². The minimum atomic E-state index is 0.0833. The van der Waals surface area contributed by atoms with Crippen LogP contribution < -0.4 is 5.73 Å². The lowest BCUT2D eigenvalue weighted by molar-refractivity contribution is 0.0951. The summed E-state index contributed by atoms with van der Waals surface area (Å²) in [5, 5.41) is 0. The van der Waals surface area contributed by atoms with Gasteiger partial charge in [-0.1, -0.05) is 0 Å². The molecule has 2 aliphatic rings. The van der Waals surface area contributed by atoms with E-state index in [1.54, 1.807) is 0 Å². The molecule has 2 fully saturated rings. The molecule has 0 aromatic carbocycles. The van der Waals surface area contributed by atoms with Gasteiger partial charge in [0.2, 0.25) is 0 Å². The van der Waals surface area contributed by atoms with Crippen molar-refractivity contribution >= 4 is 0 Å². The van der Waals surface area contributed by atoms with Gasteiger partial charge in [0.15, 0.2) is 0 Å². The van der Waals surface area contributed by atoms with Crippen molar-refractivity contribution in [1.82, 2.24) is 0 Å². The molecule has 52 valence electrons. The molecule has 0 unspecified atom stereocenters. The maximum Gasteiger partial charge on any atom is 0.0755 e. The number of fused-ring (bicyclic) bond motifs is 1. The molecule has 0 aromatic rings. The first-order valence-electron chi connectivity index (χ1n) is 3.72. The maximum absolute atomic E-state index is 6.04. The zero-order chi connectivity index (χ0) is 6.32. The van der Waals surface area contributed by atoms with Gasteiger partial charge in [0, 0.05) is 12.1 Å². The lowest BCUT2D eigenvalue weighted by Gasteiger charge is -2.20. The van der Waals surface area contributed by atoms with Crippen molar-refractivity contribution in [3.8, 4) is 0 Å². The summed E-state index contributed by atoms with van der Waals surface area (Å²) in [6.45, 7) is 0.890. The van der Waals surface area contributed by atoms with E-state index in [2.05, 4.69) is 0 Å². The summed E-state index contributed by atoms with van der Waals surface area (Å²) in [6, 6.07) is 0. The van der Waals surface area contributed by atoms with Crippen LogP contribution in [0.1, 0.15) is 25.7 Å². The molecule has 0 bridgehead atoms. The van der Waals surface area contributed by atoms with Gasteiger partial charge in [-0.3, -0.25) is 0 Å². The second kappa shape index (κ2) is 1.70. The van der Waals surface area contributed by atoms with E-state index in [-0.39, 0.29) is 5.54 Å². The third-order valence-electron chi connectivity index (χ3n) is 2.64. The first-order chi connectivity index (χ1) is 4.31. The van der Waals surface area contributed by atoms with Crippen molar-refractivity contribution in [1.29, 1.82) is 0 Å². The summed E-state index contributed by atoms with van der Waals surface area (Å²) in [5.74, 6) is 0. The van der Waals surface area contributed by atoms with Gasteiger partial charge in [0.05, 0.1) is 6.10 Å². The minimum absolute atomic E-state index is 0.0833. The van der Waals surface area contributed by atoms with Crippen LogP contribution in [0, 0.1) is 0 Å². The molecule has 1 aliphatic carbocycles. The van der Waals surface area contributed by atoms with Gasteiger partial charge in [0.1, 0.15) is 0 Å². The van der Waals surface area contributed by atoms with Gasteiger partial charge in [-0.15, -0.1) is 0 Å². The van der Waals surface area contributed by atoms with Crippen LogP contribution in [0.2, 0.25) is 0 Å². The molecule has 2 atom stereocenters. The van der Waals surface area contributed by atoms with Gasteiger partial charge < -0.3 is 10.5 Å². The van der Waals surface area contributed by atoms with Gasteiger partial charge in [-0.05, 0) is 25.7 Å². The Morgan fingerprint density at radius 1 is 1.44 bits per heavy atom. The molecular formula is C7H13NO. The fourth-order valence-electron chi connectivity index (χ4n) is 1.99. The van der Waals surface area contributed by atoms with E-state index in [0.29, 0.717) is 6.10 Å². The molecule has 2 nitrogen and oxygen atoms in total. The summed E-state index contributed by atoms with van der Waals surface area (Å²) < 4.78 is 5.45. The summed E-state index contributed by atoms with van der Waals surface area (Å²) in [7, 11) is 0. The zero-order valence-electron chi connectivity index (χ0n) is 5.60. The van der Waals surface area contributed by atoms with Crippen LogP contribution in [-0.2, 0) is 4.74 Å². The fourth-order valence-corrected chi connectivity index (χ4v) is 1.99. The molecule has 1 aliphatic heterocycles. The monoisotopic (exact) mass is 127 g/mol. The van der Waals surface area contributed by atoms with E-state index in [4.69, 9.17) is 10.5 Å². The van der Waals surface area contributed by atoms with Gasteiger partial charge in [-0.25, -0.2) is 0 Å². The van der Waals surface area contributed by atoms with Crippen molar-refractivity contribution in [2.75, 3.05) is 6.61 Å². The highest BCUT2D eigenvalue weighted by molar-refractivity contribution is 5.00. The average Bonchev–Trinajstić information content (AvgIpc) is 2.22. The number of ether oxygens (including phenoxy) is 1. The van der Waals surface area contributed by atoms with Gasteiger partial charge >= 0.3 is 0 Å². The summed E-state index contributed by atoms with van der Waals surface area (Å²) >= 11 is 0. The molecule has 0 aromatic heterocycles. The van der Waals surface area contributed by atoms with Crippen LogP contribution in [0.3, 0.4) is 0 Å². The molecule has 0 amide bonds. The highest BCUT2D eigenvalue weighted by atomic mass is 16.5. The summed E-state index contributed by atoms with van der Waals surface area (Å²) in [4.78, 5) is 0. The van der Waals surface area contributed by atoms with E-state index in [1.165, 1.54) is 19.3 Å². The Balaban J connectivity index is 2.17. The molecular weight excluding hydrogens is 114 g/mol. The SMILES string of the molecule is N[C@]12CCC[C@@H]1OCC2. The Morgan fingerprint density at radius 3 is 3.11 bits per heavy atom. The molecule has 2 rings (SSSR count). The Bertz CT molecular complexity index is 114. The number of nitrogens with two attached hydrogens (primary N) is 1. The van der Waals surface area contributed by atoms with Crippen molar-refractivity contribution in [2.24, 2.45) is 5.73 Å². The molecule has 0 radical (unpaired) electrons. The van der Waals surface area contributed by atoms with Crippen LogP contribution >= 0.6 is 0 Å². The normalized spacial score (nSPS) is 49.7. The van der Waals surface area contributed by atoms with E-state index < -0.39 is 0 Å². The smallest absolute Gasteiger partial charge is 0.0755 e. The molecule has 2 N–H and O–H groups in total. The fraction of sp³-hybridized carbons (Fsp3) is 1.00. The molecule has 1 heterocycles. The highest BCUT2D eigenvalue weighted by Crippen LogP contribution is 2.37. The first kappa shape index (κ1) is 5.69. The second-order valence-corrected chi connectivity index (χ2v) is 3.23. The van der Waals surface area contributed by atoms with Crippen LogP contribution in [0.5, 0.6) is 0 Å². The van der Waals surface area contributed by atoms with E-state index in [0.717, 1.165) is 13.0 Å². The van der Waals surface area contributed by atoms with Crippen molar-refractivity contribution in [3.63, 3.8) is 0 Å². The van der Waals surface area contributed by atoms with Crippen molar-refractivity contribution in [3.05, 3.63) is 0 Å². The Labute approximate surface area is 55.4 Å². The Morgan fingerprint density at radius 2 is 2.33 bits per heavy atom. The van der Waals surface area contributed by atoms with Crippen LogP contribution in [0.25, 0.3) is 0 Å². The standard InChI is InChI=1S/C7H13NO/c8-7-3-1-2-6(7)9-5-4-7/h6H,1-5,8H2/t6-,7-/m0/s1. The number of rotatable bonds is 0. The Hall–Kier alpha value is -0.0800. The van der Waals surface area contributed by atoms with E-state index in [1.807, 2.05) is 0 Å². The molecule has 1 saturated carbocycles. The largest absolute Gasteiger partial charge is 0.376 e. The topological polar surface area (TPSA) is 35.2 Å². The third kappa shape index (κ3) is 0.700. The van der Waals surface area contributed by atoms with Crippen molar-refractivity contribution < 1.29 is 4.74 Å².